The summed E-state index contributed by atoms with van der Waals surface area (Å²) in [7, 11) is 1.63. The fourth-order valence-electron chi connectivity index (χ4n) is 1.51. The molecule has 0 heterocycles. The smallest absolute Gasteiger partial charge is 0.308 e. The zero-order valence-electron chi connectivity index (χ0n) is 12.3. The van der Waals surface area contributed by atoms with Gasteiger partial charge in [0.2, 0.25) is 6.29 Å². The Balaban J connectivity index is 2.46. The van der Waals surface area contributed by atoms with Gasteiger partial charge in [-0.05, 0) is 30.7 Å². The maximum Gasteiger partial charge on any atom is 0.308 e. The molecule has 0 aromatic heterocycles. The first-order valence-electron chi connectivity index (χ1n) is 6.86. The first-order chi connectivity index (χ1) is 9.69. The van der Waals surface area contributed by atoms with Crippen LogP contribution in [0.4, 0.5) is 0 Å². The molecule has 5 heteroatoms. The van der Waals surface area contributed by atoms with E-state index in [1.54, 1.807) is 7.11 Å². The highest BCUT2D eigenvalue weighted by Crippen LogP contribution is 2.25. The summed E-state index contributed by atoms with van der Waals surface area (Å²) < 4.78 is 16.0. The summed E-state index contributed by atoms with van der Waals surface area (Å²) >= 11 is 1.21. The normalized spacial score (nSPS) is 11.9. The minimum Gasteiger partial charge on any atom is -0.497 e. The molecule has 0 aliphatic heterocycles. The summed E-state index contributed by atoms with van der Waals surface area (Å²) in [6.07, 6.45) is 2.30. The van der Waals surface area contributed by atoms with Gasteiger partial charge in [0.25, 0.3) is 0 Å². The Kier molecular flexibility index (Phi) is 8.14. The zero-order valence-corrected chi connectivity index (χ0v) is 13.1. The van der Waals surface area contributed by atoms with E-state index >= 15 is 0 Å². The molecular formula is C15H22O4S. The van der Waals surface area contributed by atoms with Crippen molar-refractivity contribution < 1.29 is 18.5 Å². The summed E-state index contributed by atoms with van der Waals surface area (Å²) in [5, 5.41) is 0. The minimum atomic E-state index is -0.494. The standard InChI is InChI=1S/C15H22O4S/c1-4-6-14(16)18-15(7-5-2)19-20-13-10-8-12(17-3)9-11-13/h8-11,15H,4-7H2,1-3H3. The van der Waals surface area contributed by atoms with Crippen LogP contribution in [0.2, 0.25) is 0 Å². The Morgan fingerprint density at radius 2 is 1.90 bits per heavy atom. The van der Waals surface area contributed by atoms with Gasteiger partial charge >= 0.3 is 5.97 Å². The highest BCUT2D eigenvalue weighted by atomic mass is 32.2. The summed E-state index contributed by atoms with van der Waals surface area (Å²) in [6.45, 7) is 3.98. The monoisotopic (exact) mass is 298 g/mol. The molecule has 1 atom stereocenters. The third-order valence-electron chi connectivity index (χ3n) is 2.55. The fraction of sp³-hybridized carbons (Fsp3) is 0.533. The lowest BCUT2D eigenvalue weighted by molar-refractivity contribution is -0.162. The van der Waals surface area contributed by atoms with Gasteiger partial charge in [-0.2, -0.15) is 0 Å². The second-order valence-electron chi connectivity index (χ2n) is 4.31. The van der Waals surface area contributed by atoms with Crippen molar-refractivity contribution in [1.29, 1.82) is 0 Å². The van der Waals surface area contributed by atoms with Crippen molar-refractivity contribution in [1.82, 2.24) is 0 Å². The van der Waals surface area contributed by atoms with Gasteiger partial charge in [-0.1, -0.05) is 20.3 Å². The predicted molar refractivity (Wildman–Crippen MR) is 79.6 cm³/mol. The molecule has 112 valence electrons. The molecular weight excluding hydrogens is 276 g/mol. The topological polar surface area (TPSA) is 44.8 Å². The molecule has 20 heavy (non-hydrogen) atoms. The van der Waals surface area contributed by atoms with E-state index in [0.29, 0.717) is 12.8 Å². The number of carbonyl (C=O) groups is 1. The number of methoxy groups -OCH3 is 1. The molecule has 0 N–H and O–H groups in total. The molecule has 1 rings (SSSR count). The van der Waals surface area contributed by atoms with Crippen molar-refractivity contribution in [3.05, 3.63) is 24.3 Å². The van der Waals surface area contributed by atoms with Gasteiger partial charge in [0, 0.05) is 29.8 Å². The summed E-state index contributed by atoms with van der Waals surface area (Å²) in [5.74, 6) is 0.593. The van der Waals surface area contributed by atoms with Gasteiger partial charge in [0.15, 0.2) is 0 Å². The molecule has 4 nitrogen and oxygen atoms in total. The van der Waals surface area contributed by atoms with Crippen molar-refractivity contribution in [2.24, 2.45) is 0 Å². The van der Waals surface area contributed by atoms with Crippen LogP contribution in [-0.2, 0) is 13.7 Å². The Labute approximate surface area is 125 Å². The van der Waals surface area contributed by atoms with Crippen molar-refractivity contribution in [3.63, 3.8) is 0 Å². The van der Waals surface area contributed by atoms with Crippen LogP contribution >= 0.6 is 12.0 Å². The first-order valence-corrected chi connectivity index (χ1v) is 7.60. The van der Waals surface area contributed by atoms with Gasteiger partial charge in [0.05, 0.1) is 7.11 Å². The van der Waals surface area contributed by atoms with Crippen LogP contribution in [0.3, 0.4) is 0 Å². The maximum absolute atomic E-state index is 11.5. The third kappa shape index (κ3) is 6.30. The van der Waals surface area contributed by atoms with Crippen molar-refractivity contribution in [2.45, 2.75) is 50.7 Å². The van der Waals surface area contributed by atoms with Crippen LogP contribution < -0.4 is 4.74 Å². The van der Waals surface area contributed by atoms with Gasteiger partial charge in [0.1, 0.15) is 5.75 Å². The van der Waals surface area contributed by atoms with Crippen molar-refractivity contribution in [3.8, 4) is 5.75 Å². The SMILES string of the molecule is CCCC(=O)OC(CCC)OSc1ccc(OC)cc1. The average molecular weight is 298 g/mol. The van der Waals surface area contributed by atoms with E-state index in [2.05, 4.69) is 0 Å². The molecule has 0 bridgehead atoms. The largest absolute Gasteiger partial charge is 0.497 e. The number of benzene rings is 1. The zero-order chi connectivity index (χ0) is 14.8. The Morgan fingerprint density at radius 1 is 1.20 bits per heavy atom. The molecule has 0 aliphatic carbocycles. The molecule has 0 spiro atoms. The summed E-state index contributed by atoms with van der Waals surface area (Å²) in [5.41, 5.74) is 0. The van der Waals surface area contributed by atoms with Crippen LogP contribution in [0.15, 0.2) is 29.2 Å². The predicted octanol–water partition coefficient (Wildman–Crippen LogP) is 4.19. The van der Waals surface area contributed by atoms with Crippen LogP contribution in [0.5, 0.6) is 5.75 Å². The summed E-state index contributed by atoms with van der Waals surface area (Å²) in [6, 6.07) is 7.54. The number of hydrogen-bond acceptors (Lipinski definition) is 5. The molecule has 0 aliphatic rings. The highest BCUT2D eigenvalue weighted by Gasteiger charge is 2.14. The van der Waals surface area contributed by atoms with E-state index < -0.39 is 6.29 Å². The Hall–Kier alpha value is -1.20. The fourth-order valence-corrected chi connectivity index (χ4v) is 2.11. The third-order valence-corrected chi connectivity index (χ3v) is 3.33. The van der Waals surface area contributed by atoms with Crippen LogP contribution in [0.1, 0.15) is 39.5 Å². The molecule has 0 fully saturated rings. The minimum absolute atomic E-state index is 0.207. The number of rotatable bonds is 9. The van der Waals surface area contributed by atoms with Gasteiger partial charge in [-0.15, -0.1) is 0 Å². The van der Waals surface area contributed by atoms with Crippen LogP contribution in [0.25, 0.3) is 0 Å². The average Bonchev–Trinajstić information content (AvgIpc) is 2.46. The molecule has 0 radical (unpaired) electrons. The molecule has 1 unspecified atom stereocenters. The van der Waals surface area contributed by atoms with Gasteiger partial charge < -0.3 is 9.47 Å². The van der Waals surface area contributed by atoms with E-state index in [1.807, 2.05) is 38.1 Å². The Morgan fingerprint density at radius 3 is 2.45 bits per heavy atom. The lowest BCUT2D eigenvalue weighted by Gasteiger charge is -2.16. The second kappa shape index (κ2) is 9.66. The van der Waals surface area contributed by atoms with Gasteiger partial charge in [-0.25, -0.2) is 0 Å². The van der Waals surface area contributed by atoms with E-state index in [4.69, 9.17) is 13.7 Å². The lowest BCUT2D eigenvalue weighted by atomic mass is 10.3. The highest BCUT2D eigenvalue weighted by molar-refractivity contribution is 7.94. The number of esters is 1. The number of hydrogen-bond donors (Lipinski definition) is 0. The summed E-state index contributed by atoms with van der Waals surface area (Å²) in [4.78, 5) is 12.4. The van der Waals surface area contributed by atoms with Crippen molar-refractivity contribution in [2.75, 3.05) is 7.11 Å². The van der Waals surface area contributed by atoms with E-state index in [1.165, 1.54) is 12.0 Å². The van der Waals surface area contributed by atoms with E-state index in [9.17, 15) is 4.79 Å². The van der Waals surface area contributed by atoms with E-state index in [0.717, 1.165) is 23.5 Å². The van der Waals surface area contributed by atoms with Gasteiger partial charge in [-0.3, -0.25) is 8.98 Å². The molecule has 0 amide bonds. The van der Waals surface area contributed by atoms with Crippen LogP contribution in [0, 0.1) is 0 Å². The van der Waals surface area contributed by atoms with Crippen molar-refractivity contribution >= 4 is 18.0 Å². The second-order valence-corrected chi connectivity index (χ2v) is 5.14. The number of ether oxygens (including phenoxy) is 2. The van der Waals surface area contributed by atoms with E-state index in [-0.39, 0.29) is 5.97 Å². The first kappa shape index (κ1) is 16.9. The number of carbonyl (C=O) groups excluding carboxylic acids is 1. The molecule has 0 saturated carbocycles. The molecule has 0 saturated heterocycles. The molecule has 1 aromatic carbocycles. The lowest BCUT2D eigenvalue weighted by Crippen LogP contribution is -2.18. The molecule has 1 aromatic rings. The maximum atomic E-state index is 11.5. The van der Waals surface area contributed by atoms with Crippen LogP contribution in [-0.4, -0.2) is 19.4 Å². The Bertz CT molecular complexity index is 391. The quantitative estimate of drug-likeness (QED) is 0.388.